The van der Waals surface area contributed by atoms with Crippen LogP contribution in [0.5, 0.6) is 0 Å². The number of hydrogen-bond acceptors (Lipinski definition) is 2. The molecule has 0 unspecified atom stereocenters. The molecule has 2 heterocycles. The van der Waals surface area contributed by atoms with Crippen LogP contribution in [0.1, 0.15) is 18.9 Å². The molecule has 0 saturated carbocycles. The Kier molecular flexibility index (Phi) is 3.37. The van der Waals surface area contributed by atoms with Crippen molar-refractivity contribution in [2.24, 2.45) is 0 Å². The van der Waals surface area contributed by atoms with Gasteiger partial charge in [-0.25, -0.2) is 4.31 Å². The van der Waals surface area contributed by atoms with Crippen LogP contribution in [-0.2, 0) is 0 Å². The topological polar surface area (TPSA) is 8.17 Å². The van der Waals surface area contributed by atoms with E-state index in [1.165, 1.54) is 10.9 Å². The summed E-state index contributed by atoms with van der Waals surface area (Å²) in [7, 11) is 0. The monoisotopic (exact) mass is 276 g/mol. The predicted molar refractivity (Wildman–Crippen MR) is 80.8 cm³/mol. The zero-order valence-electron chi connectivity index (χ0n) is 10.8. The maximum Gasteiger partial charge on any atom is 0.134 e. The molecule has 100 valence electrons. The first-order valence-electron chi connectivity index (χ1n) is 6.53. The van der Waals surface area contributed by atoms with Gasteiger partial charge >= 0.3 is 0 Å². The van der Waals surface area contributed by atoms with Crippen LogP contribution in [0, 0.1) is 0 Å². The molecule has 0 bridgehead atoms. The molecule has 4 heteroatoms. The summed E-state index contributed by atoms with van der Waals surface area (Å²) < 4.78 is 16.6. The highest BCUT2D eigenvalue weighted by atomic mass is 32.2. The second-order valence-electron chi connectivity index (χ2n) is 5.04. The highest BCUT2D eigenvalue weighted by molar-refractivity contribution is 7.91. The first-order valence-corrected chi connectivity index (χ1v) is 7.20. The second-order valence-corrected chi connectivity index (χ2v) is 5.70. The van der Waals surface area contributed by atoms with Crippen LogP contribution in [0.2, 0.25) is 0 Å². The van der Waals surface area contributed by atoms with Gasteiger partial charge in [-0.1, -0.05) is 31.4 Å². The first-order chi connectivity index (χ1) is 9.22. The van der Waals surface area contributed by atoms with Gasteiger partial charge in [-0.15, -0.1) is 3.89 Å². The molecule has 2 aromatic rings. The summed E-state index contributed by atoms with van der Waals surface area (Å²) in [5, 5.41) is 3.18. The van der Waals surface area contributed by atoms with Gasteiger partial charge in [-0.05, 0) is 24.1 Å². The average Bonchev–Trinajstić information content (AvgIpc) is 2.72. The number of aromatic nitrogens is 1. The van der Waals surface area contributed by atoms with Crippen molar-refractivity contribution in [1.82, 2.24) is 8.87 Å². The lowest BCUT2D eigenvalue weighted by Gasteiger charge is -2.30. The Bertz CT molecular complexity index is 686. The minimum atomic E-state index is 0.352. The van der Waals surface area contributed by atoms with E-state index in [1.54, 1.807) is 4.31 Å². The van der Waals surface area contributed by atoms with Gasteiger partial charge in [0.1, 0.15) is 12.3 Å². The normalized spacial score (nSPS) is 18.2. The number of hydrogen-bond donors (Lipinski definition) is 0. The minimum absolute atomic E-state index is 0.352. The summed E-state index contributed by atoms with van der Waals surface area (Å²) in [5.41, 5.74) is 1.20. The third-order valence-electron chi connectivity index (χ3n) is 4.01. The Hall–Kier alpha value is -1.26. The molecular weight excluding hydrogens is 259 g/mol. The van der Waals surface area contributed by atoms with Crippen molar-refractivity contribution in [3.63, 3.8) is 0 Å². The SMILES string of the molecule is C=c1c(=C)n(C2CCN(SF)CC2)c2ccccc12. The summed E-state index contributed by atoms with van der Waals surface area (Å²) in [6.07, 6.45) is 1.91. The van der Waals surface area contributed by atoms with Crippen molar-refractivity contribution in [2.75, 3.05) is 13.1 Å². The molecule has 0 atom stereocenters. The summed E-state index contributed by atoms with van der Waals surface area (Å²) in [5.74, 6) is 0. The molecule has 1 aromatic heterocycles. The lowest BCUT2D eigenvalue weighted by Crippen LogP contribution is -2.35. The molecule has 0 N–H and O–H groups in total. The lowest BCUT2D eigenvalue weighted by atomic mass is 10.1. The average molecular weight is 276 g/mol. The maximum absolute atomic E-state index is 12.6. The molecule has 0 radical (unpaired) electrons. The summed E-state index contributed by atoms with van der Waals surface area (Å²) >= 11 is 0.352. The zero-order chi connectivity index (χ0) is 13.4. The maximum atomic E-state index is 12.6. The van der Waals surface area contributed by atoms with E-state index in [0.717, 1.165) is 36.5 Å². The summed E-state index contributed by atoms with van der Waals surface area (Å²) in [6, 6.07) is 8.69. The van der Waals surface area contributed by atoms with Crippen molar-refractivity contribution in [3.05, 3.63) is 34.8 Å². The van der Waals surface area contributed by atoms with Gasteiger partial charge in [0.25, 0.3) is 0 Å². The number of rotatable bonds is 2. The highest BCUT2D eigenvalue weighted by Crippen LogP contribution is 2.27. The predicted octanol–water partition coefficient (Wildman–Crippen LogP) is 2.63. The molecule has 3 rings (SSSR count). The van der Waals surface area contributed by atoms with E-state index in [1.807, 2.05) is 12.1 Å². The Morgan fingerprint density at radius 2 is 1.84 bits per heavy atom. The van der Waals surface area contributed by atoms with Crippen LogP contribution in [0.3, 0.4) is 0 Å². The Balaban J connectivity index is 2.04. The molecule has 0 aliphatic carbocycles. The van der Waals surface area contributed by atoms with Gasteiger partial charge in [0.2, 0.25) is 0 Å². The standard InChI is InChI=1S/C15H17FN2S/c1-11-12(2)18(15-6-4-3-5-14(11)15)13-7-9-17(19-16)10-8-13/h3-6,13H,1-2,7-10H2. The molecule has 1 aliphatic heterocycles. The van der Waals surface area contributed by atoms with Crippen LogP contribution in [0.25, 0.3) is 24.1 Å². The third-order valence-corrected chi connectivity index (χ3v) is 4.57. The highest BCUT2D eigenvalue weighted by Gasteiger charge is 2.22. The van der Waals surface area contributed by atoms with E-state index in [-0.39, 0.29) is 0 Å². The number of fused-ring (bicyclic) bond motifs is 1. The van der Waals surface area contributed by atoms with E-state index >= 15 is 0 Å². The number of halogens is 1. The lowest BCUT2D eigenvalue weighted by molar-refractivity contribution is 0.289. The van der Waals surface area contributed by atoms with E-state index in [4.69, 9.17) is 0 Å². The molecule has 2 nitrogen and oxygen atoms in total. The van der Waals surface area contributed by atoms with Crippen molar-refractivity contribution >= 4 is 36.4 Å². The molecule has 0 spiro atoms. The molecular formula is C15H17FN2S. The molecule has 1 fully saturated rings. The summed E-state index contributed by atoms with van der Waals surface area (Å²) in [4.78, 5) is 0. The minimum Gasteiger partial charge on any atom is -0.338 e. The first kappa shape index (κ1) is 12.8. The van der Waals surface area contributed by atoms with Gasteiger partial charge in [0.05, 0.1) is 0 Å². The quantitative estimate of drug-likeness (QED) is 0.779. The van der Waals surface area contributed by atoms with E-state index in [2.05, 4.69) is 29.9 Å². The fourth-order valence-corrected chi connectivity index (χ4v) is 3.32. The van der Waals surface area contributed by atoms with Gasteiger partial charge in [-0.2, -0.15) is 0 Å². The van der Waals surface area contributed by atoms with Gasteiger partial charge in [0.15, 0.2) is 0 Å². The van der Waals surface area contributed by atoms with Crippen LogP contribution in [-0.4, -0.2) is 22.0 Å². The van der Waals surface area contributed by atoms with Crippen molar-refractivity contribution in [2.45, 2.75) is 18.9 Å². The molecule has 1 aliphatic rings. The Morgan fingerprint density at radius 3 is 2.53 bits per heavy atom. The van der Waals surface area contributed by atoms with Crippen LogP contribution in [0.15, 0.2) is 24.3 Å². The van der Waals surface area contributed by atoms with Crippen LogP contribution in [0.4, 0.5) is 3.89 Å². The molecule has 19 heavy (non-hydrogen) atoms. The van der Waals surface area contributed by atoms with Gasteiger partial charge in [-0.3, -0.25) is 0 Å². The van der Waals surface area contributed by atoms with Gasteiger partial charge < -0.3 is 4.57 Å². The van der Waals surface area contributed by atoms with Crippen molar-refractivity contribution in [1.29, 1.82) is 0 Å². The fraction of sp³-hybridized carbons (Fsp3) is 0.333. The largest absolute Gasteiger partial charge is 0.338 e. The Labute approximate surface area is 116 Å². The summed E-state index contributed by atoms with van der Waals surface area (Å²) in [6.45, 7) is 9.88. The van der Waals surface area contributed by atoms with Crippen molar-refractivity contribution in [3.8, 4) is 0 Å². The molecule has 1 aromatic carbocycles. The number of para-hydroxylation sites is 1. The van der Waals surface area contributed by atoms with E-state index < -0.39 is 0 Å². The number of piperidine rings is 1. The van der Waals surface area contributed by atoms with Crippen LogP contribution >= 0.6 is 12.3 Å². The van der Waals surface area contributed by atoms with Crippen LogP contribution < -0.4 is 10.6 Å². The second kappa shape index (κ2) is 5.02. The smallest absolute Gasteiger partial charge is 0.134 e. The van der Waals surface area contributed by atoms with Crippen molar-refractivity contribution < 1.29 is 3.89 Å². The number of nitrogens with zero attached hydrogens (tertiary/aromatic N) is 2. The third kappa shape index (κ3) is 2.09. The number of benzene rings is 1. The Morgan fingerprint density at radius 1 is 1.16 bits per heavy atom. The molecule has 0 amide bonds. The van der Waals surface area contributed by atoms with E-state index in [9.17, 15) is 3.89 Å². The molecule has 1 saturated heterocycles. The fourth-order valence-electron chi connectivity index (χ4n) is 2.97. The van der Waals surface area contributed by atoms with Gasteiger partial charge in [0, 0.05) is 35.4 Å². The zero-order valence-corrected chi connectivity index (χ0v) is 11.6. The van der Waals surface area contributed by atoms with E-state index in [0.29, 0.717) is 18.4 Å².